The Morgan fingerprint density at radius 1 is 1.41 bits per heavy atom. The number of nitrogen functional groups attached to an aromatic ring is 1. The van der Waals surface area contributed by atoms with Gasteiger partial charge in [-0.05, 0) is 25.5 Å². The molecule has 2 heterocycles. The molecule has 2 atom stereocenters. The van der Waals surface area contributed by atoms with Crippen LogP contribution in [0, 0.1) is 0 Å². The minimum atomic E-state index is -0.280. The number of nitrogens with one attached hydrogen (secondary N) is 3. The van der Waals surface area contributed by atoms with Crippen molar-refractivity contribution in [2.24, 2.45) is 0 Å². The molecule has 11 heteroatoms. The number of anilines is 2. The van der Waals surface area contributed by atoms with Gasteiger partial charge in [-0.3, -0.25) is 14.6 Å². The van der Waals surface area contributed by atoms with Crippen LogP contribution in [0.5, 0.6) is 5.75 Å². The number of H-pyrrole nitrogens is 1. The Morgan fingerprint density at radius 3 is 2.94 bits per heavy atom. The average molecular weight is 465 g/mol. The van der Waals surface area contributed by atoms with E-state index >= 15 is 0 Å². The minimum Gasteiger partial charge on any atom is -0.496 e. The zero-order valence-electron chi connectivity index (χ0n) is 18.2. The highest BCUT2D eigenvalue weighted by molar-refractivity contribution is 6.33. The van der Waals surface area contributed by atoms with Gasteiger partial charge in [0.15, 0.2) is 0 Å². The highest BCUT2D eigenvalue weighted by Gasteiger charge is 2.31. The Labute approximate surface area is 191 Å². The van der Waals surface area contributed by atoms with Gasteiger partial charge >= 0.3 is 0 Å². The third-order valence-corrected chi connectivity index (χ3v) is 5.77. The van der Waals surface area contributed by atoms with Crippen LogP contribution in [-0.4, -0.2) is 73.3 Å². The van der Waals surface area contributed by atoms with Gasteiger partial charge < -0.3 is 30.7 Å². The number of nitrogens with two attached hydrogens (primary N) is 1. The van der Waals surface area contributed by atoms with Crippen LogP contribution in [0.3, 0.4) is 0 Å². The molecule has 1 saturated heterocycles. The summed E-state index contributed by atoms with van der Waals surface area (Å²) in [6.45, 7) is 3.05. The predicted molar refractivity (Wildman–Crippen MR) is 123 cm³/mol. The summed E-state index contributed by atoms with van der Waals surface area (Å²) in [6.07, 6.45) is 2.93. The topological polar surface area (TPSA) is 135 Å². The van der Waals surface area contributed by atoms with Gasteiger partial charge in [-0.1, -0.05) is 11.6 Å². The maximum atomic E-state index is 12.9. The number of nitrogens with zero attached hydrogens (tertiary/aromatic N) is 2. The molecule has 10 nitrogen and oxygen atoms in total. The van der Waals surface area contributed by atoms with E-state index in [9.17, 15) is 9.59 Å². The molecule has 1 aromatic heterocycles. The lowest BCUT2D eigenvalue weighted by atomic mass is 10.0. The zero-order valence-corrected chi connectivity index (χ0v) is 18.9. The first kappa shape index (κ1) is 23.8. The fraction of sp³-hybridized carbons (Fsp3) is 0.476. The molecule has 5 N–H and O–H groups in total. The first-order chi connectivity index (χ1) is 15.4. The molecule has 0 radical (unpaired) electrons. The van der Waals surface area contributed by atoms with Crippen LogP contribution in [0.4, 0.5) is 11.6 Å². The SMILES string of the molecule is COc1cc(N)c(Cl)cc1C(=O)NC1CCN(CCCNc2nccc(=O)[nH]2)CC1OC. The average Bonchev–Trinajstić information content (AvgIpc) is 2.79. The predicted octanol–water partition coefficient (Wildman–Crippen LogP) is 1.34. The molecule has 1 aromatic carbocycles. The lowest BCUT2D eigenvalue weighted by molar-refractivity contribution is 0.00637. The lowest BCUT2D eigenvalue weighted by Gasteiger charge is -2.38. The molecule has 1 aliphatic heterocycles. The zero-order chi connectivity index (χ0) is 23.1. The van der Waals surface area contributed by atoms with Crippen LogP contribution in [-0.2, 0) is 4.74 Å². The van der Waals surface area contributed by atoms with Gasteiger partial charge in [-0.25, -0.2) is 4.98 Å². The summed E-state index contributed by atoms with van der Waals surface area (Å²) in [6, 6.07) is 4.30. The number of likely N-dealkylation sites (tertiary alicyclic amines) is 1. The van der Waals surface area contributed by atoms with Crippen LogP contribution >= 0.6 is 11.6 Å². The van der Waals surface area contributed by atoms with Crippen molar-refractivity contribution in [3.8, 4) is 5.75 Å². The maximum absolute atomic E-state index is 12.9. The minimum absolute atomic E-state index is 0.137. The fourth-order valence-corrected chi connectivity index (χ4v) is 3.88. The van der Waals surface area contributed by atoms with Crippen molar-refractivity contribution in [1.82, 2.24) is 20.2 Å². The summed E-state index contributed by atoms with van der Waals surface area (Å²) < 4.78 is 10.9. The van der Waals surface area contributed by atoms with Gasteiger partial charge in [-0.15, -0.1) is 0 Å². The second-order valence-electron chi connectivity index (χ2n) is 7.58. The number of piperidine rings is 1. The normalized spacial score (nSPS) is 18.8. The number of methoxy groups -OCH3 is 2. The van der Waals surface area contributed by atoms with Crippen LogP contribution in [0.25, 0.3) is 0 Å². The molecule has 0 spiro atoms. The van der Waals surface area contributed by atoms with E-state index in [1.807, 2.05) is 0 Å². The fourth-order valence-electron chi connectivity index (χ4n) is 3.72. The van der Waals surface area contributed by atoms with E-state index < -0.39 is 0 Å². The van der Waals surface area contributed by atoms with Gasteiger partial charge in [-0.2, -0.15) is 0 Å². The van der Waals surface area contributed by atoms with Crippen molar-refractivity contribution in [2.45, 2.75) is 25.0 Å². The summed E-state index contributed by atoms with van der Waals surface area (Å²) >= 11 is 6.09. The standard InChI is InChI=1S/C21H29ClN6O4/c1-31-17-11-15(23)14(22)10-13(17)20(30)26-16-5-9-28(12-18(16)32-2)8-3-6-24-21-25-7-4-19(29)27-21/h4,7,10-11,16,18H,3,5-6,8-9,12,23H2,1-2H3,(H,26,30)(H2,24,25,27,29). The number of amides is 1. The molecular formula is C21H29ClN6O4. The summed E-state index contributed by atoms with van der Waals surface area (Å²) in [4.78, 5) is 33.2. The largest absolute Gasteiger partial charge is 0.496 e. The molecule has 0 saturated carbocycles. The summed E-state index contributed by atoms with van der Waals surface area (Å²) in [5.74, 6) is 0.558. The number of carbonyl (C=O) groups is 1. The lowest BCUT2D eigenvalue weighted by Crippen LogP contribution is -2.55. The van der Waals surface area contributed by atoms with Gasteiger partial charge in [0.1, 0.15) is 5.75 Å². The van der Waals surface area contributed by atoms with Gasteiger partial charge in [0.2, 0.25) is 5.95 Å². The van der Waals surface area contributed by atoms with Crippen LogP contribution < -0.4 is 26.7 Å². The third kappa shape index (κ3) is 6.12. The Kier molecular flexibility index (Phi) is 8.32. The number of aromatic nitrogens is 2. The maximum Gasteiger partial charge on any atom is 0.255 e. The number of carbonyl (C=O) groups excluding carboxylic acids is 1. The van der Waals surface area contributed by atoms with Crippen molar-refractivity contribution in [1.29, 1.82) is 0 Å². The molecule has 174 valence electrons. The molecular weight excluding hydrogens is 436 g/mol. The first-order valence-corrected chi connectivity index (χ1v) is 10.8. The first-order valence-electron chi connectivity index (χ1n) is 10.4. The highest BCUT2D eigenvalue weighted by Crippen LogP contribution is 2.29. The Balaban J connectivity index is 1.50. The van der Waals surface area contributed by atoms with E-state index in [0.29, 0.717) is 41.1 Å². The molecule has 3 rings (SSSR count). The van der Waals surface area contributed by atoms with Crippen LogP contribution in [0.1, 0.15) is 23.2 Å². The van der Waals surface area contributed by atoms with Crippen molar-refractivity contribution in [3.05, 3.63) is 45.3 Å². The number of halogens is 1. The molecule has 1 amide bonds. The van der Waals surface area contributed by atoms with E-state index in [1.165, 1.54) is 25.4 Å². The second kappa shape index (κ2) is 11.2. The summed E-state index contributed by atoms with van der Waals surface area (Å²) in [5.41, 5.74) is 6.31. The van der Waals surface area contributed by atoms with Crippen molar-refractivity contribution < 1.29 is 14.3 Å². The summed E-state index contributed by atoms with van der Waals surface area (Å²) in [5, 5.41) is 6.46. The van der Waals surface area contributed by atoms with Gasteiger partial charge in [0, 0.05) is 45.1 Å². The van der Waals surface area contributed by atoms with Crippen molar-refractivity contribution in [3.63, 3.8) is 0 Å². The number of aromatic amines is 1. The van der Waals surface area contributed by atoms with E-state index in [0.717, 1.165) is 25.9 Å². The van der Waals surface area contributed by atoms with Gasteiger partial charge in [0.25, 0.3) is 11.5 Å². The molecule has 1 aliphatic rings. The second-order valence-corrected chi connectivity index (χ2v) is 7.99. The van der Waals surface area contributed by atoms with E-state index in [2.05, 4.69) is 25.5 Å². The number of benzene rings is 1. The van der Waals surface area contributed by atoms with Crippen LogP contribution in [0.15, 0.2) is 29.2 Å². The van der Waals surface area contributed by atoms with Gasteiger partial charge in [0.05, 0.1) is 35.5 Å². The van der Waals surface area contributed by atoms with E-state index in [-0.39, 0.29) is 23.6 Å². The Morgan fingerprint density at radius 2 is 2.22 bits per heavy atom. The highest BCUT2D eigenvalue weighted by atomic mass is 35.5. The molecule has 2 aromatic rings. The molecule has 2 unspecified atom stereocenters. The molecule has 32 heavy (non-hydrogen) atoms. The summed E-state index contributed by atoms with van der Waals surface area (Å²) in [7, 11) is 3.13. The number of hydrogen-bond acceptors (Lipinski definition) is 8. The molecule has 1 fully saturated rings. The monoisotopic (exact) mass is 464 g/mol. The van der Waals surface area contributed by atoms with Crippen molar-refractivity contribution >= 4 is 29.1 Å². The Bertz CT molecular complexity index is 985. The van der Waals surface area contributed by atoms with E-state index in [4.69, 9.17) is 26.8 Å². The number of rotatable bonds is 9. The number of hydrogen-bond donors (Lipinski definition) is 4. The Hall–Kier alpha value is -2.82. The number of ether oxygens (including phenoxy) is 2. The van der Waals surface area contributed by atoms with E-state index in [1.54, 1.807) is 13.2 Å². The van der Waals surface area contributed by atoms with Crippen molar-refractivity contribution in [2.75, 3.05) is 51.4 Å². The smallest absolute Gasteiger partial charge is 0.255 e. The molecule has 0 aliphatic carbocycles. The van der Waals surface area contributed by atoms with Crippen LogP contribution in [0.2, 0.25) is 5.02 Å². The third-order valence-electron chi connectivity index (χ3n) is 5.44. The quantitative estimate of drug-likeness (QED) is 0.322. The molecule has 0 bridgehead atoms.